The first-order valence-electron chi connectivity index (χ1n) is 11.5. The summed E-state index contributed by atoms with van der Waals surface area (Å²) >= 11 is 0. The number of carbonyl (C=O) groups is 2. The molecule has 4 rings (SSSR count). The lowest BCUT2D eigenvalue weighted by molar-refractivity contribution is -0.141. The van der Waals surface area contributed by atoms with Gasteiger partial charge in [-0.15, -0.1) is 0 Å². The number of likely N-dealkylation sites (tertiary alicyclic amines) is 1. The predicted molar refractivity (Wildman–Crippen MR) is 121 cm³/mol. The zero-order chi connectivity index (χ0) is 23.4. The van der Waals surface area contributed by atoms with Crippen molar-refractivity contribution in [3.63, 3.8) is 0 Å². The molecular weight excluding hydrogens is 424 g/mol. The van der Waals surface area contributed by atoms with Crippen LogP contribution in [0.2, 0.25) is 0 Å². The van der Waals surface area contributed by atoms with Crippen LogP contribution in [0.25, 0.3) is 0 Å². The lowest BCUT2D eigenvalue weighted by Crippen LogP contribution is -2.43. The first-order valence-corrected chi connectivity index (χ1v) is 11.5. The van der Waals surface area contributed by atoms with Crippen LogP contribution < -0.4 is 4.74 Å². The number of nitrogens with zero attached hydrogens (tertiary/aromatic N) is 4. The normalized spacial score (nSPS) is 18.6. The van der Waals surface area contributed by atoms with E-state index in [2.05, 4.69) is 4.90 Å². The molecule has 0 bridgehead atoms. The standard InChI is InChI=1S/C24H32N4O5/c1-32-19-7-3-5-17(13-19)14-28-21-8-11-26(12-9-22(30)33-2)16-20(21)23(25-28)24(31)27-10-4-6-18(29)15-27/h3,5,7,13,18,29H,4,6,8-12,14-16H2,1-2H3/t18-/m0/s1. The molecule has 0 spiro atoms. The Hall–Kier alpha value is -2.91. The van der Waals surface area contributed by atoms with E-state index >= 15 is 0 Å². The topological polar surface area (TPSA) is 97.1 Å². The van der Waals surface area contributed by atoms with Gasteiger partial charge in [0.15, 0.2) is 5.69 Å². The van der Waals surface area contributed by atoms with Crippen molar-refractivity contribution in [3.8, 4) is 5.75 Å². The Labute approximate surface area is 193 Å². The van der Waals surface area contributed by atoms with Crippen LogP contribution in [0.5, 0.6) is 5.75 Å². The summed E-state index contributed by atoms with van der Waals surface area (Å²) in [6.45, 7) is 3.41. The van der Waals surface area contributed by atoms with E-state index in [-0.39, 0.29) is 11.9 Å². The molecule has 0 unspecified atom stereocenters. The van der Waals surface area contributed by atoms with Crippen molar-refractivity contribution < 1.29 is 24.2 Å². The number of benzene rings is 1. The Bertz CT molecular complexity index is 1000. The van der Waals surface area contributed by atoms with Gasteiger partial charge in [-0.25, -0.2) is 0 Å². The highest BCUT2D eigenvalue weighted by molar-refractivity contribution is 5.94. The number of esters is 1. The number of aliphatic hydroxyl groups excluding tert-OH is 1. The number of rotatable bonds is 7. The van der Waals surface area contributed by atoms with Crippen LogP contribution in [0.15, 0.2) is 24.3 Å². The Morgan fingerprint density at radius 2 is 2.09 bits per heavy atom. The number of aromatic nitrogens is 2. The van der Waals surface area contributed by atoms with Crippen molar-refractivity contribution in [1.29, 1.82) is 0 Å². The largest absolute Gasteiger partial charge is 0.497 e. The van der Waals surface area contributed by atoms with E-state index in [0.29, 0.717) is 51.3 Å². The van der Waals surface area contributed by atoms with E-state index in [4.69, 9.17) is 14.6 Å². The number of β-amino-alcohol motifs (C(OH)–C–C–N with tert-alkyl or cyclic N) is 1. The molecule has 0 saturated carbocycles. The van der Waals surface area contributed by atoms with Crippen LogP contribution in [0.1, 0.15) is 46.6 Å². The molecule has 33 heavy (non-hydrogen) atoms. The minimum absolute atomic E-state index is 0.135. The summed E-state index contributed by atoms with van der Waals surface area (Å²) in [6.07, 6.45) is 2.06. The van der Waals surface area contributed by atoms with Gasteiger partial charge in [0.1, 0.15) is 5.75 Å². The van der Waals surface area contributed by atoms with E-state index in [1.165, 1.54) is 7.11 Å². The average Bonchev–Trinajstić information content (AvgIpc) is 3.19. The Balaban J connectivity index is 1.62. The molecule has 1 fully saturated rings. The molecule has 178 valence electrons. The van der Waals surface area contributed by atoms with Crippen molar-refractivity contribution in [2.45, 2.75) is 44.9 Å². The number of aliphatic hydroxyl groups is 1. The molecule has 1 saturated heterocycles. The highest BCUT2D eigenvalue weighted by Crippen LogP contribution is 2.26. The van der Waals surface area contributed by atoms with Gasteiger partial charge in [0.05, 0.1) is 33.3 Å². The first-order chi connectivity index (χ1) is 16.0. The molecule has 1 aromatic heterocycles. The Morgan fingerprint density at radius 3 is 2.85 bits per heavy atom. The van der Waals surface area contributed by atoms with Gasteiger partial charge < -0.3 is 19.5 Å². The highest BCUT2D eigenvalue weighted by atomic mass is 16.5. The van der Waals surface area contributed by atoms with Crippen molar-refractivity contribution in [2.24, 2.45) is 0 Å². The summed E-state index contributed by atoms with van der Waals surface area (Å²) < 4.78 is 12.0. The number of amides is 1. The smallest absolute Gasteiger partial charge is 0.306 e. The van der Waals surface area contributed by atoms with E-state index in [1.54, 1.807) is 12.0 Å². The van der Waals surface area contributed by atoms with Crippen LogP contribution in [0.4, 0.5) is 0 Å². The summed E-state index contributed by atoms with van der Waals surface area (Å²) in [5, 5.41) is 14.8. The molecule has 1 N–H and O–H groups in total. The summed E-state index contributed by atoms with van der Waals surface area (Å²) in [5.41, 5.74) is 3.46. The Kier molecular flexibility index (Phi) is 7.29. The number of hydrogen-bond donors (Lipinski definition) is 1. The van der Waals surface area contributed by atoms with Crippen LogP contribution in [-0.2, 0) is 29.0 Å². The number of methoxy groups -OCH3 is 2. The molecule has 3 heterocycles. The van der Waals surface area contributed by atoms with Gasteiger partial charge in [0, 0.05) is 50.4 Å². The molecule has 2 aliphatic heterocycles. The number of ether oxygens (including phenoxy) is 2. The minimum Gasteiger partial charge on any atom is -0.497 e. The minimum atomic E-state index is -0.492. The van der Waals surface area contributed by atoms with Gasteiger partial charge in [-0.3, -0.25) is 19.2 Å². The van der Waals surface area contributed by atoms with Crippen LogP contribution in [0.3, 0.4) is 0 Å². The maximum Gasteiger partial charge on any atom is 0.306 e. The molecule has 2 aliphatic rings. The van der Waals surface area contributed by atoms with E-state index in [0.717, 1.165) is 42.0 Å². The Morgan fingerprint density at radius 1 is 1.24 bits per heavy atom. The molecule has 9 nitrogen and oxygen atoms in total. The number of piperidine rings is 1. The third-order valence-electron chi connectivity index (χ3n) is 6.43. The summed E-state index contributed by atoms with van der Waals surface area (Å²) in [6, 6.07) is 7.84. The zero-order valence-corrected chi connectivity index (χ0v) is 19.3. The number of hydrogen-bond acceptors (Lipinski definition) is 7. The maximum atomic E-state index is 13.4. The van der Waals surface area contributed by atoms with E-state index in [1.807, 2.05) is 28.9 Å². The van der Waals surface area contributed by atoms with Crippen LogP contribution in [-0.4, -0.2) is 83.1 Å². The molecule has 1 aromatic carbocycles. The van der Waals surface area contributed by atoms with Crippen molar-refractivity contribution in [3.05, 3.63) is 46.8 Å². The molecule has 1 atom stereocenters. The second-order valence-electron chi connectivity index (χ2n) is 8.68. The third-order valence-corrected chi connectivity index (χ3v) is 6.43. The van der Waals surface area contributed by atoms with Crippen LogP contribution in [0, 0.1) is 0 Å². The van der Waals surface area contributed by atoms with Crippen molar-refractivity contribution in [1.82, 2.24) is 19.6 Å². The molecule has 0 aliphatic carbocycles. The summed E-state index contributed by atoms with van der Waals surface area (Å²) in [7, 11) is 3.03. The lowest BCUT2D eigenvalue weighted by atomic mass is 10.0. The lowest BCUT2D eigenvalue weighted by Gasteiger charge is -2.31. The quantitative estimate of drug-likeness (QED) is 0.630. The average molecular weight is 457 g/mol. The van der Waals surface area contributed by atoms with Crippen molar-refractivity contribution in [2.75, 3.05) is 40.4 Å². The summed E-state index contributed by atoms with van der Waals surface area (Å²) in [5.74, 6) is 0.401. The van der Waals surface area contributed by atoms with E-state index < -0.39 is 6.10 Å². The van der Waals surface area contributed by atoms with Gasteiger partial charge in [0.2, 0.25) is 0 Å². The van der Waals surface area contributed by atoms with Gasteiger partial charge in [-0.05, 0) is 30.5 Å². The summed E-state index contributed by atoms with van der Waals surface area (Å²) in [4.78, 5) is 28.9. The van der Waals surface area contributed by atoms with Gasteiger partial charge in [-0.1, -0.05) is 12.1 Å². The maximum absolute atomic E-state index is 13.4. The fourth-order valence-corrected chi connectivity index (χ4v) is 4.62. The second kappa shape index (κ2) is 10.4. The molecule has 2 aromatic rings. The highest BCUT2D eigenvalue weighted by Gasteiger charge is 2.32. The molecule has 1 amide bonds. The second-order valence-corrected chi connectivity index (χ2v) is 8.68. The fourth-order valence-electron chi connectivity index (χ4n) is 4.62. The molecule has 9 heteroatoms. The SMILES string of the molecule is COC(=O)CCN1CCc2c(c(C(=O)N3CCC[C@H](O)C3)nn2Cc2cccc(OC)c2)C1. The zero-order valence-electron chi connectivity index (χ0n) is 19.3. The fraction of sp³-hybridized carbons (Fsp3) is 0.542. The molecular formula is C24H32N4O5. The van der Waals surface area contributed by atoms with E-state index in [9.17, 15) is 14.7 Å². The third kappa shape index (κ3) is 5.36. The van der Waals surface area contributed by atoms with Gasteiger partial charge in [-0.2, -0.15) is 5.10 Å². The van der Waals surface area contributed by atoms with Crippen LogP contribution >= 0.6 is 0 Å². The monoisotopic (exact) mass is 456 g/mol. The van der Waals surface area contributed by atoms with Gasteiger partial charge in [0.25, 0.3) is 5.91 Å². The molecule has 0 radical (unpaired) electrons. The first kappa shape index (κ1) is 23.3. The van der Waals surface area contributed by atoms with Crippen molar-refractivity contribution >= 4 is 11.9 Å². The number of carbonyl (C=O) groups excluding carboxylic acids is 2. The van der Waals surface area contributed by atoms with Gasteiger partial charge >= 0.3 is 5.97 Å². The number of fused-ring (bicyclic) bond motifs is 1. The predicted octanol–water partition coefficient (Wildman–Crippen LogP) is 1.46.